The highest BCUT2D eigenvalue weighted by molar-refractivity contribution is 5.56. The Morgan fingerprint density at radius 1 is 0.789 bits per heavy atom. The standard InChI is InChI=1S/C19H22/c1-12-13(2)15(4)19-17(14(12)3)10-11-18(19)16-8-6-5-7-9-16/h5-9,18H,10-11H2,1-4H3. The lowest BCUT2D eigenvalue weighted by molar-refractivity contribution is 0.784. The molecule has 0 saturated carbocycles. The van der Waals surface area contributed by atoms with E-state index in [2.05, 4.69) is 58.0 Å². The molecule has 19 heavy (non-hydrogen) atoms. The fourth-order valence-corrected chi connectivity index (χ4v) is 3.66. The summed E-state index contributed by atoms with van der Waals surface area (Å²) in [6.07, 6.45) is 2.51. The van der Waals surface area contributed by atoms with Crippen molar-refractivity contribution in [3.63, 3.8) is 0 Å². The average molecular weight is 250 g/mol. The van der Waals surface area contributed by atoms with Crippen molar-refractivity contribution in [2.24, 2.45) is 0 Å². The molecule has 0 saturated heterocycles. The summed E-state index contributed by atoms with van der Waals surface area (Å²) in [4.78, 5) is 0. The third-order valence-electron chi connectivity index (χ3n) is 5.10. The Hall–Kier alpha value is -1.56. The molecule has 0 N–H and O–H groups in total. The van der Waals surface area contributed by atoms with Gasteiger partial charge in [0.15, 0.2) is 0 Å². The van der Waals surface area contributed by atoms with Crippen molar-refractivity contribution in [3.8, 4) is 0 Å². The maximum atomic E-state index is 2.31. The summed E-state index contributed by atoms with van der Waals surface area (Å²) in [5.74, 6) is 0.606. The first-order valence-electron chi connectivity index (χ1n) is 7.25. The molecule has 1 aliphatic rings. The Bertz CT molecular complexity index is 620. The molecule has 2 aromatic rings. The molecule has 0 radical (unpaired) electrons. The van der Waals surface area contributed by atoms with E-state index in [-0.39, 0.29) is 0 Å². The van der Waals surface area contributed by atoms with Gasteiger partial charge in [-0.1, -0.05) is 30.3 Å². The lowest BCUT2D eigenvalue weighted by Gasteiger charge is -2.20. The molecular weight excluding hydrogens is 228 g/mol. The number of rotatable bonds is 1. The van der Waals surface area contributed by atoms with Crippen LogP contribution in [0.15, 0.2) is 30.3 Å². The molecule has 1 aliphatic carbocycles. The van der Waals surface area contributed by atoms with Crippen LogP contribution in [0.4, 0.5) is 0 Å². The van der Waals surface area contributed by atoms with Crippen LogP contribution in [0, 0.1) is 27.7 Å². The first-order chi connectivity index (χ1) is 9.11. The minimum atomic E-state index is 0.606. The SMILES string of the molecule is Cc1c(C)c(C)c2c(c1C)CCC2c1ccccc1. The third kappa shape index (κ3) is 1.82. The van der Waals surface area contributed by atoms with Gasteiger partial charge < -0.3 is 0 Å². The topological polar surface area (TPSA) is 0 Å². The molecule has 98 valence electrons. The van der Waals surface area contributed by atoms with Crippen molar-refractivity contribution >= 4 is 0 Å². The summed E-state index contributed by atoms with van der Waals surface area (Å²) in [6, 6.07) is 11.0. The first-order valence-corrected chi connectivity index (χ1v) is 7.25. The van der Waals surface area contributed by atoms with Crippen LogP contribution in [0.5, 0.6) is 0 Å². The second kappa shape index (κ2) is 4.52. The highest BCUT2D eigenvalue weighted by atomic mass is 14.3. The number of hydrogen-bond acceptors (Lipinski definition) is 0. The van der Waals surface area contributed by atoms with Crippen molar-refractivity contribution in [2.45, 2.75) is 46.5 Å². The van der Waals surface area contributed by atoms with Crippen molar-refractivity contribution in [1.82, 2.24) is 0 Å². The lowest BCUT2D eigenvalue weighted by atomic mass is 9.85. The van der Waals surface area contributed by atoms with Crippen LogP contribution in [-0.2, 0) is 6.42 Å². The van der Waals surface area contributed by atoms with Crippen molar-refractivity contribution in [3.05, 3.63) is 69.3 Å². The Kier molecular flexibility index (Phi) is 2.97. The van der Waals surface area contributed by atoms with E-state index in [0.717, 1.165) is 0 Å². The molecule has 0 fully saturated rings. The molecule has 1 unspecified atom stereocenters. The van der Waals surface area contributed by atoms with E-state index >= 15 is 0 Å². The Balaban J connectivity index is 2.21. The second-order valence-electron chi connectivity index (χ2n) is 5.89. The molecule has 0 spiro atoms. The van der Waals surface area contributed by atoms with E-state index in [1.807, 2.05) is 0 Å². The monoisotopic (exact) mass is 250 g/mol. The summed E-state index contributed by atoms with van der Waals surface area (Å²) in [5, 5.41) is 0. The predicted molar refractivity (Wildman–Crippen MR) is 82.0 cm³/mol. The summed E-state index contributed by atoms with van der Waals surface area (Å²) in [7, 11) is 0. The van der Waals surface area contributed by atoms with Crippen LogP contribution in [0.25, 0.3) is 0 Å². The van der Waals surface area contributed by atoms with Gasteiger partial charge >= 0.3 is 0 Å². The zero-order chi connectivity index (χ0) is 13.6. The minimum absolute atomic E-state index is 0.606. The smallest absolute Gasteiger partial charge is 0.00980 e. The molecule has 3 rings (SSSR count). The Labute approximate surface area is 116 Å². The molecule has 0 heterocycles. The van der Waals surface area contributed by atoms with Crippen LogP contribution >= 0.6 is 0 Å². The zero-order valence-corrected chi connectivity index (χ0v) is 12.4. The highest BCUT2D eigenvalue weighted by Gasteiger charge is 2.28. The molecule has 0 heteroatoms. The van der Waals surface area contributed by atoms with Crippen LogP contribution < -0.4 is 0 Å². The second-order valence-corrected chi connectivity index (χ2v) is 5.89. The minimum Gasteiger partial charge on any atom is -0.0622 e. The fraction of sp³-hybridized carbons (Fsp3) is 0.368. The third-order valence-corrected chi connectivity index (χ3v) is 5.10. The van der Waals surface area contributed by atoms with E-state index in [1.54, 1.807) is 11.1 Å². The Morgan fingerprint density at radius 3 is 2.11 bits per heavy atom. The van der Waals surface area contributed by atoms with Gasteiger partial charge in [0.1, 0.15) is 0 Å². The Morgan fingerprint density at radius 2 is 1.42 bits per heavy atom. The molecular formula is C19H22. The number of benzene rings is 2. The fourth-order valence-electron chi connectivity index (χ4n) is 3.66. The highest BCUT2D eigenvalue weighted by Crippen LogP contribution is 2.43. The van der Waals surface area contributed by atoms with Gasteiger partial charge in [0, 0.05) is 5.92 Å². The average Bonchev–Trinajstić information content (AvgIpc) is 2.88. The molecule has 0 nitrogen and oxygen atoms in total. The lowest BCUT2D eigenvalue weighted by Crippen LogP contribution is -2.03. The first kappa shape index (κ1) is 12.5. The predicted octanol–water partition coefficient (Wildman–Crippen LogP) is 5.00. The van der Waals surface area contributed by atoms with Crippen molar-refractivity contribution in [1.29, 1.82) is 0 Å². The van der Waals surface area contributed by atoms with Gasteiger partial charge in [-0.15, -0.1) is 0 Å². The molecule has 1 atom stereocenters. The van der Waals surface area contributed by atoms with Crippen LogP contribution in [0.2, 0.25) is 0 Å². The summed E-state index contributed by atoms with van der Waals surface area (Å²) in [6.45, 7) is 9.15. The maximum Gasteiger partial charge on any atom is 0.00980 e. The quantitative estimate of drug-likeness (QED) is 0.668. The van der Waals surface area contributed by atoms with Crippen LogP contribution in [0.1, 0.15) is 51.3 Å². The molecule has 0 amide bonds. The van der Waals surface area contributed by atoms with Crippen LogP contribution in [0.3, 0.4) is 0 Å². The van der Waals surface area contributed by atoms with Crippen molar-refractivity contribution < 1.29 is 0 Å². The molecule has 0 aromatic heterocycles. The van der Waals surface area contributed by atoms with Gasteiger partial charge in [-0.2, -0.15) is 0 Å². The van der Waals surface area contributed by atoms with E-state index < -0.39 is 0 Å². The van der Waals surface area contributed by atoms with Gasteiger partial charge in [-0.3, -0.25) is 0 Å². The van der Waals surface area contributed by atoms with Crippen molar-refractivity contribution in [2.75, 3.05) is 0 Å². The number of fused-ring (bicyclic) bond motifs is 1. The van der Waals surface area contributed by atoms with Gasteiger partial charge in [-0.25, -0.2) is 0 Å². The normalized spacial score (nSPS) is 17.6. The maximum absolute atomic E-state index is 2.31. The summed E-state index contributed by atoms with van der Waals surface area (Å²) < 4.78 is 0. The number of hydrogen-bond donors (Lipinski definition) is 0. The van der Waals surface area contributed by atoms with Gasteiger partial charge in [-0.05, 0) is 79.5 Å². The van der Waals surface area contributed by atoms with Gasteiger partial charge in [0.25, 0.3) is 0 Å². The molecule has 2 aromatic carbocycles. The van der Waals surface area contributed by atoms with Gasteiger partial charge in [0.05, 0.1) is 0 Å². The van der Waals surface area contributed by atoms with E-state index in [0.29, 0.717) is 5.92 Å². The van der Waals surface area contributed by atoms with E-state index in [9.17, 15) is 0 Å². The summed E-state index contributed by atoms with van der Waals surface area (Å²) >= 11 is 0. The zero-order valence-electron chi connectivity index (χ0n) is 12.4. The largest absolute Gasteiger partial charge is 0.0622 e. The van der Waals surface area contributed by atoms with E-state index in [1.165, 1.54) is 40.7 Å². The van der Waals surface area contributed by atoms with Gasteiger partial charge in [0.2, 0.25) is 0 Å². The van der Waals surface area contributed by atoms with Crippen LogP contribution in [-0.4, -0.2) is 0 Å². The molecule has 0 bridgehead atoms. The summed E-state index contributed by atoms with van der Waals surface area (Å²) in [5.41, 5.74) is 10.7. The van der Waals surface area contributed by atoms with E-state index in [4.69, 9.17) is 0 Å². The molecule has 0 aliphatic heterocycles.